The van der Waals surface area contributed by atoms with Gasteiger partial charge in [-0.2, -0.15) is 11.8 Å². The second-order valence-corrected chi connectivity index (χ2v) is 6.21. The first-order valence-corrected chi connectivity index (χ1v) is 6.95. The van der Waals surface area contributed by atoms with E-state index in [1.54, 1.807) is 0 Å². The molecule has 2 aliphatic rings. The predicted octanol–water partition coefficient (Wildman–Crippen LogP) is 1.27. The average molecular weight is 228 g/mol. The summed E-state index contributed by atoms with van der Waals surface area (Å²) in [5, 5.41) is 3.03. The van der Waals surface area contributed by atoms with E-state index in [1.807, 2.05) is 11.8 Å². The molecule has 0 radical (unpaired) electrons. The third kappa shape index (κ3) is 2.31. The van der Waals surface area contributed by atoms with E-state index >= 15 is 0 Å². The van der Waals surface area contributed by atoms with Crippen molar-refractivity contribution in [2.75, 3.05) is 12.8 Å². The Labute approximate surface area is 95.6 Å². The minimum atomic E-state index is -0.516. The highest BCUT2D eigenvalue weighted by Crippen LogP contribution is 2.40. The second kappa shape index (κ2) is 3.98. The molecule has 2 rings (SSSR count). The molecule has 1 amide bonds. The molecule has 4 heteroatoms. The second-order valence-electron chi connectivity index (χ2n) is 4.93. The highest BCUT2D eigenvalue weighted by Gasteiger charge is 2.46. The molecule has 0 aromatic carbocycles. The maximum atomic E-state index is 11.7. The topological polar surface area (TPSA) is 55.1 Å². The Bertz CT molecular complexity index is 257. The molecular weight excluding hydrogens is 208 g/mol. The summed E-state index contributed by atoms with van der Waals surface area (Å²) < 4.78 is 0.293. The zero-order valence-electron chi connectivity index (χ0n) is 9.34. The van der Waals surface area contributed by atoms with Crippen LogP contribution in [0.3, 0.4) is 0 Å². The summed E-state index contributed by atoms with van der Waals surface area (Å²) in [5.41, 5.74) is 5.32. The molecule has 2 aliphatic carbocycles. The minimum absolute atomic E-state index is 0.0582. The third-order valence-corrected chi connectivity index (χ3v) is 5.18. The monoisotopic (exact) mass is 228 g/mol. The SMILES string of the molecule is CSC1(CNC(=O)C2(N)CC2)CCCC1. The van der Waals surface area contributed by atoms with Crippen molar-refractivity contribution >= 4 is 17.7 Å². The molecule has 0 heterocycles. The molecule has 0 saturated heterocycles. The number of hydrogen-bond acceptors (Lipinski definition) is 3. The van der Waals surface area contributed by atoms with Crippen molar-refractivity contribution in [1.82, 2.24) is 5.32 Å². The summed E-state index contributed by atoms with van der Waals surface area (Å²) in [5.74, 6) is 0.0582. The lowest BCUT2D eigenvalue weighted by Crippen LogP contribution is -2.47. The van der Waals surface area contributed by atoms with E-state index in [2.05, 4.69) is 11.6 Å². The molecule has 0 unspecified atom stereocenters. The highest BCUT2D eigenvalue weighted by molar-refractivity contribution is 8.00. The lowest BCUT2D eigenvalue weighted by molar-refractivity contribution is -0.123. The van der Waals surface area contributed by atoms with Gasteiger partial charge in [0.15, 0.2) is 0 Å². The molecular formula is C11H20N2OS. The standard InChI is InChI=1S/C11H20N2OS/c1-15-10(4-2-3-5-10)8-13-9(14)11(12)6-7-11/h2-8,12H2,1H3,(H,13,14). The van der Waals surface area contributed by atoms with Crippen LogP contribution in [0.1, 0.15) is 38.5 Å². The normalized spacial score (nSPS) is 26.3. The Morgan fingerprint density at radius 2 is 1.93 bits per heavy atom. The summed E-state index contributed by atoms with van der Waals surface area (Å²) >= 11 is 1.90. The van der Waals surface area contributed by atoms with Crippen molar-refractivity contribution in [3.8, 4) is 0 Å². The summed E-state index contributed by atoms with van der Waals surface area (Å²) in [4.78, 5) is 11.7. The molecule has 0 bridgehead atoms. The number of nitrogens with one attached hydrogen (secondary N) is 1. The molecule has 3 nitrogen and oxygen atoms in total. The summed E-state index contributed by atoms with van der Waals surface area (Å²) in [7, 11) is 0. The summed E-state index contributed by atoms with van der Waals surface area (Å²) in [6.45, 7) is 0.798. The lowest BCUT2D eigenvalue weighted by atomic mass is 10.1. The Morgan fingerprint density at radius 1 is 1.33 bits per heavy atom. The zero-order chi connectivity index (χ0) is 10.9. The number of carbonyl (C=O) groups is 1. The van der Waals surface area contributed by atoms with Crippen LogP contribution in [0.2, 0.25) is 0 Å². The number of carbonyl (C=O) groups excluding carboxylic acids is 1. The molecule has 2 saturated carbocycles. The summed E-state index contributed by atoms with van der Waals surface area (Å²) in [6, 6.07) is 0. The van der Waals surface area contributed by atoms with E-state index in [0.717, 1.165) is 19.4 Å². The molecule has 0 atom stereocenters. The van der Waals surface area contributed by atoms with Crippen molar-refractivity contribution in [2.45, 2.75) is 48.8 Å². The van der Waals surface area contributed by atoms with Crippen LogP contribution in [0.5, 0.6) is 0 Å². The highest BCUT2D eigenvalue weighted by atomic mass is 32.2. The largest absolute Gasteiger partial charge is 0.353 e. The first-order chi connectivity index (χ1) is 7.10. The lowest BCUT2D eigenvalue weighted by Gasteiger charge is -2.27. The van der Waals surface area contributed by atoms with Gasteiger partial charge in [-0.15, -0.1) is 0 Å². The van der Waals surface area contributed by atoms with Gasteiger partial charge in [0, 0.05) is 11.3 Å². The average Bonchev–Trinajstić information content (AvgIpc) is 2.84. The molecule has 0 spiro atoms. The van der Waals surface area contributed by atoms with E-state index in [-0.39, 0.29) is 5.91 Å². The maximum absolute atomic E-state index is 11.7. The van der Waals surface area contributed by atoms with Crippen LogP contribution in [0, 0.1) is 0 Å². The van der Waals surface area contributed by atoms with Gasteiger partial charge >= 0.3 is 0 Å². The van der Waals surface area contributed by atoms with E-state index in [4.69, 9.17) is 5.73 Å². The van der Waals surface area contributed by atoms with Crippen LogP contribution < -0.4 is 11.1 Å². The first kappa shape index (κ1) is 11.3. The van der Waals surface area contributed by atoms with E-state index in [0.29, 0.717) is 4.75 Å². The van der Waals surface area contributed by atoms with E-state index in [1.165, 1.54) is 25.7 Å². The van der Waals surface area contributed by atoms with Gasteiger partial charge in [-0.1, -0.05) is 12.8 Å². The zero-order valence-corrected chi connectivity index (χ0v) is 10.2. The van der Waals surface area contributed by atoms with Crippen LogP contribution in [0.15, 0.2) is 0 Å². The Hall–Kier alpha value is -0.220. The minimum Gasteiger partial charge on any atom is -0.353 e. The quantitative estimate of drug-likeness (QED) is 0.762. The Morgan fingerprint density at radius 3 is 2.40 bits per heavy atom. The van der Waals surface area contributed by atoms with E-state index < -0.39 is 5.54 Å². The fourth-order valence-corrected chi connectivity index (χ4v) is 3.16. The van der Waals surface area contributed by atoms with Crippen molar-refractivity contribution in [2.24, 2.45) is 5.73 Å². The number of thioether (sulfide) groups is 1. The molecule has 86 valence electrons. The van der Waals surface area contributed by atoms with E-state index in [9.17, 15) is 4.79 Å². The predicted molar refractivity (Wildman–Crippen MR) is 63.9 cm³/mol. The van der Waals surface area contributed by atoms with Crippen LogP contribution in [0.4, 0.5) is 0 Å². The molecule has 15 heavy (non-hydrogen) atoms. The van der Waals surface area contributed by atoms with Gasteiger partial charge < -0.3 is 11.1 Å². The van der Waals surface area contributed by atoms with Gasteiger partial charge in [-0.25, -0.2) is 0 Å². The third-order valence-electron chi connectivity index (χ3n) is 3.76. The van der Waals surface area contributed by atoms with Gasteiger partial charge in [0.05, 0.1) is 5.54 Å². The molecule has 0 aromatic rings. The van der Waals surface area contributed by atoms with Crippen LogP contribution in [0.25, 0.3) is 0 Å². The maximum Gasteiger partial charge on any atom is 0.240 e. The molecule has 0 aliphatic heterocycles. The van der Waals surface area contributed by atoms with Crippen molar-refractivity contribution in [1.29, 1.82) is 0 Å². The van der Waals surface area contributed by atoms with Gasteiger partial charge in [-0.05, 0) is 31.9 Å². The van der Waals surface area contributed by atoms with Gasteiger partial charge in [-0.3, -0.25) is 4.79 Å². The van der Waals surface area contributed by atoms with Gasteiger partial charge in [0.25, 0.3) is 0 Å². The van der Waals surface area contributed by atoms with Gasteiger partial charge in [0.1, 0.15) is 0 Å². The number of amides is 1. The summed E-state index contributed by atoms with van der Waals surface area (Å²) in [6.07, 6.45) is 8.90. The molecule has 3 N–H and O–H groups in total. The van der Waals surface area contributed by atoms with Crippen LogP contribution in [-0.2, 0) is 4.79 Å². The van der Waals surface area contributed by atoms with Crippen molar-refractivity contribution in [3.05, 3.63) is 0 Å². The smallest absolute Gasteiger partial charge is 0.240 e. The number of rotatable bonds is 4. The van der Waals surface area contributed by atoms with Crippen molar-refractivity contribution < 1.29 is 4.79 Å². The van der Waals surface area contributed by atoms with Crippen LogP contribution >= 0.6 is 11.8 Å². The van der Waals surface area contributed by atoms with Crippen LogP contribution in [-0.4, -0.2) is 29.0 Å². The fraction of sp³-hybridized carbons (Fsp3) is 0.909. The first-order valence-electron chi connectivity index (χ1n) is 5.73. The Balaban J connectivity index is 1.83. The number of nitrogens with two attached hydrogens (primary N) is 1. The van der Waals surface area contributed by atoms with Gasteiger partial charge in [0.2, 0.25) is 5.91 Å². The molecule has 0 aromatic heterocycles. The molecule has 2 fully saturated rings. The fourth-order valence-electron chi connectivity index (χ4n) is 2.25. The number of hydrogen-bond donors (Lipinski definition) is 2. The Kier molecular flexibility index (Phi) is 2.99. The van der Waals surface area contributed by atoms with Crippen molar-refractivity contribution in [3.63, 3.8) is 0 Å².